The van der Waals surface area contributed by atoms with E-state index in [0.717, 1.165) is 25.7 Å². The smallest absolute Gasteiger partial charge is 0.320 e. The van der Waals surface area contributed by atoms with E-state index in [1.807, 2.05) is 0 Å². The molecule has 0 aliphatic heterocycles. The summed E-state index contributed by atoms with van der Waals surface area (Å²) < 4.78 is 16.1. The van der Waals surface area contributed by atoms with Crippen LogP contribution >= 0.6 is 11.6 Å². The van der Waals surface area contributed by atoms with Gasteiger partial charge in [0.15, 0.2) is 0 Å². The quantitative estimate of drug-likeness (QED) is 0.486. The Bertz CT molecular complexity index is 1110. The van der Waals surface area contributed by atoms with Gasteiger partial charge in [-0.3, -0.25) is 9.59 Å². The Morgan fingerprint density at radius 3 is 2.61 bits per heavy atom. The Morgan fingerprint density at radius 2 is 1.91 bits per heavy atom. The van der Waals surface area contributed by atoms with Crippen molar-refractivity contribution in [1.29, 1.82) is 0 Å². The maximum absolute atomic E-state index is 12.4. The molecule has 2 N–H and O–H groups in total. The van der Waals surface area contributed by atoms with Crippen molar-refractivity contribution in [2.24, 2.45) is 5.92 Å². The van der Waals surface area contributed by atoms with Gasteiger partial charge in [0.2, 0.25) is 5.88 Å². The first-order valence-electron chi connectivity index (χ1n) is 10.4. The molecule has 1 amide bonds. The first kappa shape index (κ1) is 22.5. The molecule has 3 aromatic rings. The van der Waals surface area contributed by atoms with Crippen molar-refractivity contribution in [3.8, 4) is 5.88 Å². The summed E-state index contributed by atoms with van der Waals surface area (Å²) in [6, 6.07) is 10.4. The molecule has 0 unspecified atom stereocenters. The zero-order valence-electron chi connectivity index (χ0n) is 17.8. The van der Waals surface area contributed by atoms with E-state index < -0.39 is 5.91 Å². The first-order chi connectivity index (χ1) is 16.0. The summed E-state index contributed by atoms with van der Waals surface area (Å²) in [5.41, 5.74) is 1.10. The van der Waals surface area contributed by atoms with Crippen molar-refractivity contribution >= 4 is 40.9 Å². The average Bonchev–Trinajstić information content (AvgIpc) is 3.29. The number of hydrogen-bond acceptors (Lipinski definition) is 9. The van der Waals surface area contributed by atoms with Gasteiger partial charge >= 0.3 is 23.8 Å². The van der Waals surface area contributed by atoms with Crippen LogP contribution < -0.4 is 15.4 Å². The van der Waals surface area contributed by atoms with Crippen LogP contribution in [-0.4, -0.2) is 40.3 Å². The number of pyridine rings is 1. The van der Waals surface area contributed by atoms with Crippen LogP contribution in [0.3, 0.4) is 0 Å². The minimum Gasteiger partial charge on any atom is -0.474 e. The average molecular weight is 472 g/mol. The van der Waals surface area contributed by atoms with Crippen LogP contribution in [0.1, 0.15) is 36.4 Å². The Kier molecular flexibility index (Phi) is 7.04. The van der Waals surface area contributed by atoms with Gasteiger partial charge < -0.3 is 24.5 Å². The van der Waals surface area contributed by atoms with Crippen molar-refractivity contribution < 1.29 is 23.5 Å². The molecule has 2 heterocycles. The number of anilines is 3. The fourth-order valence-corrected chi connectivity index (χ4v) is 3.71. The van der Waals surface area contributed by atoms with Crippen LogP contribution in [0.15, 0.2) is 47.0 Å². The van der Waals surface area contributed by atoms with E-state index >= 15 is 0 Å². The second-order valence-corrected chi connectivity index (χ2v) is 7.94. The molecule has 1 aliphatic carbocycles. The molecule has 172 valence electrons. The van der Waals surface area contributed by atoms with Crippen molar-refractivity contribution in [3.05, 3.63) is 53.5 Å². The number of esters is 1. The number of carbonyl (C=O) groups excluding carboxylic acids is 2. The minimum absolute atomic E-state index is 0.0114. The minimum atomic E-state index is -0.571. The van der Waals surface area contributed by atoms with E-state index in [-0.39, 0.29) is 29.9 Å². The lowest BCUT2D eigenvalue weighted by molar-refractivity contribution is -0.147. The molecular weight excluding hydrogens is 450 g/mol. The molecule has 1 fully saturated rings. The lowest BCUT2D eigenvalue weighted by atomic mass is 9.87. The summed E-state index contributed by atoms with van der Waals surface area (Å²) in [5.74, 6) is -0.563. The third kappa shape index (κ3) is 5.98. The molecule has 4 rings (SSSR count). The second kappa shape index (κ2) is 10.3. The van der Waals surface area contributed by atoms with Crippen LogP contribution in [0.5, 0.6) is 5.88 Å². The SMILES string of the molecule is COC(=O)[C@H]1CC[C@@H](Oc2ccc(NC(=O)c3nnc(Nc4cccc(Cl)c4)o3)cn2)CC1. The number of halogens is 1. The van der Waals surface area contributed by atoms with E-state index in [2.05, 4.69) is 25.8 Å². The van der Waals surface area contributed by atoms with Crippen LogP contribution in [-0.2, 0) is 9.53 Å². The number of aromatic nitrogens is 3. The van der Waals surface area contributed by atoms with Crippen LogP contribution in [0.4, 0.5) is 17.4 Å². The standard InChI is InChI=1S/C22H22ClN5O5/c1-31-21(30)13-5-8-17(9-6-13)32-18-10-7-16(12-24-18)25-19(29)20-27-28-22(33-20)26-15-4-2-3-14(23)11-15/h2-4,7,10-13,17H,5-6,8-9H2,1H3,(H,25,29)(H,26,28)/t13-,17+. The number of benzene rings is 1. The summed E-state index contributed by atoms with van der Waals surface area (Å²) in [6.45, 7) is 0. The molecule has 33 heavy (non-hydrogen) atoms. The van der Waals surface area contributed by atoms with Gasteiger partial charge in [0, 0.05) is 16.8 Å². The molecule has 0 bridgehead atoms. The topological polar surface area (TPSA) is 128 Å². The third-order valence-corrected chi connectivity index (χ3v) is 5.42. The Morgan fingerprint density at radius 1 is 1.09 bits per heavy atom. The second-order valence-electron chi connectivity index (χ2n) is 7.50. The maximum atomic E-state index is 12.4. The highest BCUT2D eigenvalue weighted by molar-refractivity contribution is 6.30. The van der Waals surface area contributed by atoms with E-state index in [1.54, 1.807) is 36.4 Å². The van der Waals surface area contributed by atoms with Gasteiger partial charge in [0.25, 0.3) is 0 Å². The predicted octanol–water partition coefficient (Wildman–Crippen LogP) is 4.22. The fourth-order valence-electron chi connectivity index (χ4n) is 3.52. The Hall–Kier alpha value is -3.66. The number of ether oxygens (including phenoxy) is 2. The number of nitrogens with zero attached hydrogens (tertiary/aromatic N) is 3. The van der Waals surface area contributed by atoms with Crippen molar-refractivity contribution in [1.82, 2.24) is 15.2 Å². The molecule has 1 saturated carbocycles. The van der Waals surface area contributed by atoms with Crippen molar-refractivity contribution in [3.63, 3.8) is 0 Å². The number of nitrogens with one attached hydrogen (secondary N) is 2. The van der Waals surface area contributed by atoms with Gasteiger partial charge in [-0.05, 0) is 49.9 Å². The number of amides is 1. The zero-order valence-corrected chi connectivity index (χ0v) is 18.5. The molecule has 1 aliphatic rings. The highest BCUT2D eigenvalue weighted by Crippen LogP contribution is 2.28. The molecule has 0 atom stereocenters. The van der Waals surface area contributed by atoms with Gasteiger partial charge in [0.05, 0.1) is 24.9 Å². The molecule has 0 saturated heterocycles. The van der Waals surface area contributed by atoms with Crippen LogP contribution in [0.2, 0.25) is 5.02 Å². The zero-order chi connectivity index (χ0) is 23.2. The van der Waals surface area contributed by atoms with Gasteiger partial charge in [-0.15, -0.1) is 5.10 Å². The summed E-state index contributed by atoms with van der Waals surface area (Å²) >= 11 is 5.94. The molecule has 0 radical (unpaired) electrons. The number of rotatable bonds is 7. The van der Waals surface area contributed by atoms with Gasteiger partial charge in [-0.2, -0.15) is 0 Å². The fraction of sp³-hybridized carbons (Fsp3) is 0.318. The van der Waals surface area contributed by atoms with Crippen LogP contribution in [0, 0.1) is 5.92 Å². The Labute approximate surface area is 194 Å². The molecule has 11 heteroatoms. The molecular formula is C22H22ClN5O5. The van der Waals surface area contributed by atoms with Crippen molar-refractivity contribution in [2.75, 3.05) is 17.7 Å². The summed E-state index contributed by atoms with van der Waals surface area (Å²) in [5, 5.41) is 13.6. The summed E-state index contributed by atoms with van der Waals surface area (Å²) in [6.07, 6.45) is 4.43. The van der Waals surface area contributed by atoms with E-state index in [4.69, 9.17) is 25.5 Å². The lowest BCUT2D eigenvalue weighted by Crippen LogP contribution is -2.28. The molecule has 2 aromatic heterocycles. The van der Waals surface area contributed by atoms with Gasteiger partial charge in [-0.1, -0.05) is 22.8 Å². The highest BCUT2D eigenvalue weighted by Gasteiger charge is 2.28. The predicted molar refractivity (Wildman–Crippen MR) is 120 cm³/mol. The number of hydrogen-bond donors (Lipinski definition) is 2. The van der Waals surface area contributed by atoms with Gasteiger partial charge in [0.1, 0.15) is 6.10 Å². The largest absolute Gasteiger partial charge is 0.474 e. The molecule has 10 nitrogen and oxygen atoms in total. The summed E-state index contributed by atoms with van der Waals surface area (Å²) in [4.78, 5) is 28.3. The normalized spacial score (nSPS) is 17.8. The molecule has 1 aromatic carbocycles. The van der Waals surface area contributed by atoms with E-state index in [0.29, 0.717) is 22.3 Å². The Balaban J connectivity index is 1.28. The monoisotopic (exact) mass is 471 g/mol. The van der Waals surface area contributed by atoms with E-state index in [1.165, 1.54) is 13.3 Å². The van der Waals surface area contributed by atoms with Crippen LogP contribution in [0.25, 0.3) is 0 Å². The summed E-state index contributed by atoms with van der Waals surface area (Å²) in [7, 11) is 1.41. The third-order valence-electron chi connectivity index (χ3n) is 5.19. The highest BCUT2D eigenvalue weighted by atomic mass is 35.5. The number of methoxy groups -OCH3 is 1. The number of carbonyl (C=O) groups is 2. The first-order valence-corrected chi connectivity index (χ1v) is 10.8. The lowest BCUT2D eigenvalue weighted by Gasteiger charge is -2.27. The maximum Gasteiger partial charge on any atom is 0.320 e. The molecule has 0 spiro atoms. The van der Waals surface area contributed by atoms with Gasteiger partial charge in [-0.25, -0.2) is 4.98 Å². The van der Waals surface area contributed by atoms with E-state index in [9.17, 15) is 9.59 Å². The van der Waals surface area contributed by atoms with Crippen molar-refractivity contribution in [2.45, 2.75) is 31.8 Å².